The van der Waals surface area contributed by atoms with E-state index in [1.807, 2.05) is 115 Å². The summed E-state index contributed by atoms with van der Waals surface area (Å²) >= 11 is 6.44. The van der Waals surface area contributed by atoms with Crippen molar-refractivity contribution in [2.45, 2.75) is 26.4 Å². The topological polar surface area (TPSA) is 55.1 Å². The lowest BCUT2D eigenvalue weighted by molar-refractivity contribution is 0.194. The second-order valence-corrected chi connectivity index (χ2v) is 9.76. The third kappa shape index (κ3) is 4.19. The van der Waals surface area contributed by atoms with Gasteiger partial charge in [-0.15, -0.1) is 0 Å². The Bertz CT molecular complexity index is 1590. The number of carbonyl (C=O) groups is 1. The lowest BCUT2D eigenvalue weighted by Gasteiger charge is -2.31. The summed E-state index contributed by atoms with van der Waals surface area (Å²) in [5, 5.41) is 8.64. The Balaban J connectivity index is 1.53. The van der Waals surface area contributed by atoms with Gasteiger partial charge in [-0.2, -0.15) is 5.10 Å². The van der Waals surface area contributed by atoms with Gasteiger partial charge in [-0.1, -0.05) is 59.6 Å². The fraction of sp³-hybridized carbons (Fsp3) is 0.133. The van der Waals surface area contributed by atoms with Crippen LogP contribution >= 0.6 is 11.6 Å². The third-order valence-corrected chi connectivity index (χ3v) is 7.05. The first-order valence-corrected chi connectivity index (χ1v) is 12.6. The average molecular weight is 508 g/mol. The summed E-state index contributed by atoms with van der Waals surface area (Å²) in [6.45, 7) is 4.40. The summed E-state index contributed by atoms with van der Waals surface area (Å²) in [5.74, 6) is 0.932. The van der Waals surface area contributed by atoms with E-state index in [-0.39, 0.29) is 12.1 Å². The minimum absolute atomic E-state index is 0.193. The Hall–Kier alpha value is -4.29. The smallest absolute Gasteiger partial charge is 0.308 e. The normalized spacial score (nSPS) is 14.6. The molecule has 2 aromatic heterocycles. The number of rotatable bonds is 3. The van der Waals surface area contributed by atoms with E-state index in [1.54, 1.807) is 0 Å². The quantitative estimate of drug-likeness (QED) is 0.284. The first-order valence-electron chi connectivity index (χ1n) is 12.2. The molecule has 0 radical (unpaired) electrons. The zero-order chi connectivity index (χ0) is 25.5. The summed E-state index contributed by atoms with van der Waals surface area (Å²) in [4.78, 5) is 15.8. The molecule has 0 fully saturated rings. The van der Waals surface area contributed by atoms with Crippen molar-refractivity contribution in [3.63, 3.8) is 0 Å². The summed E-state index contributed by atoms with van der Waals surface area (Å²) in [5.41, 5.74) is 6.60. The first-order chi connectivity index (χ1) is 18.0. The molecule has 184 valence electrons. The highest BCUT2D eigenvalue weighted by molar-refractivity contribution is 6.30. The molecule has 0 bridgehead atoms. The number of aromatic nitrogens is 3. The van der Waals surface area contributed by atoms with Crippen LogP contribution in [0.25, 0.3) is 11.5 Å². The largest absolute Gasteiger partial charge is 0.322 e. The molecule has 1 atom stereocenters. The summed E-state index contributed by atoms with van der Waals surface area (Å²) < 4.78 is 4.11. The van der Waals surface area contributed by atoms with Gasteiger partial charge in [0.15, 0.2) is 0 Å². The van der Waals surface area contributed by atoms with Gasteiger partial charge in [0, 0.05) is 22.5 Å². The van der Waals surface area contributed by atoms with Crippen LogP contribution < -0.4 is 5.32 Å². The van der Waals surface area contributed by atoms with E-state index in [0.717, 1.165) is 45.3 Å². The molecular formula is C30H26ClN5O. The minimum atomic E-state index is -0.366. The van der Waals surface area contributed by atoms with Crippen molar-refractivity contribution in [2.75, 3.05) is 5.32 Å². The van der Waals surface area contributed by atoms with Crippen molar-refractivity contribution in [1.82, 2.24) is 19.2 Å². The van der Waals surface area contributed by atoms with Crippen molar-refractivity contribution in [3.05, 3.63) is 130 Å². The molecule has 6 rings (SSSR count). The van der Waals surface area contributed by atoms with Crippen molar-refractivity contribution in [3.8, 4) is 11.5 Å². The lowest BCUT2D eigenvalue weighted by Crippen LogP contribution is -2.38. The van der Waals surface area contributed by atoms with Gasteiger partial charge in [-0.3, -0.25) is 0 Å². The van der Waals surface area contributed by atoms with E-state index in [4.69, 9.17) is 16.7 Å². The van der Waals surface area contributed by atoms with Gasteiger partial charge in [0.1, 0.15) is 5.82 Å². The molecule has 1 aliphatic rings. The van der Waals surface area contributed by atoms with E-state index in [9.17, 15) is 4.79 Å². The Morgan fingerprint density at radius 2 is 1.73 bits per heavy atom. The van der Waals surface area contributed by atoms with Gasteiger partial charge < -0.3 is 14.8 Å². The van der Waals surface area contributed by atoms with Gasteiger partial charge in [-0.05, 0) is 67.9 Å². The van der Waals surface area contributed by atoms with E-state index in [2.05, 4.69) is 16.0 Å². The fourth-order valence-corrected chi connectivity index (χ4v) is 5.21. The number of amides is 2. The molecule has 2 amide bonds. The van der Waals surface area contributed by atoms with Gasteiger partial charge >= 0.3 is 6.03 Å². The van der Waals surface area contributed by atoms with E-state index >= 15 is 0 Å². The first kappa shape index (κ1) is 23.1. The van der Waals surface area contributed by atoms with Crippen LogP contribution in [0.3, 0.4) is 0 Å². The molecule has 0 saturated heterocycles. The lowest BCUT2D eigenvalue weighted by atomic mass is 10.0. The van der Waals surface area contributed by atoms with Crippen LogP contribution in [0, 0.1) is 13.8 Å². The summed E-state index contributed by atoms with van der Waals surface area (Å²) in [6.07, 6.45) is 2.04. The molecule has 3 heterocycles. The number of nitrogens with zero attached hydrogens (tertiary/aromatic N) is 4. The zero-order valence-electron chi connectivity index (χ0n) is 20.6. The van der Waals surface area contributed by atoms with Gasteiger partial charge in [-0.25, -0.2) is 9.48 Å². The number of benzene rings is 3. The molecule has 1 aliphatic heterocycles. The minimum Gasteiger partial charge on any atom is -0.308 e. The molecule has 3 aromatic carbocycles. The number of para-hydroxylation sites is 1. The number of anilines is 1. The maximum atomic E-state index is 13.9. The average Bonchev–Trinajstić information content (AvgIpc) is 3.46. The van der Waals surface area contributed by atoms with Crippen LogP contribution in [0.1, 0.15) is 34.1 Å². The predicted molar refractivity (Wildman–Crippen MR) is 147 cm³/mol. The van der Waals surface area contributed by atoms with Crippen molar-refractivity contribution < 1.29 is 4.79 Å². The summed E-state index contributed by atoms with van der Waals surface area (Å²) in [6, 6.07) is 29.1. The second kappa shape index (κ2) is 9.30. The van der Waals surface area contributed by atoms with Gasteiger partial charge in [0.25, 0.3) is 0 Å². The van der Waals surface area contributed by atoms with Crippen LogP contribution in [0.2, 0.25) is 5.02 Å². The van der Waals surface area contributed by atoms with Gasteiger partial charge in [0.2, 0.25) is 0 Å². The van der Waals surface area contributed by atoms with Crippen LogP contribution in [0.4, 0.5) is 10.5 Å². The molecular weight excluding hydrogens is 482 g/mol. The van der Waals surface area contributed by atoms with E-state index in [0.29, 0.717) is 11.6 Å². The Morgan fingerprint density at radius 3 is 2.49 bits per heavy atom. The van der Waals surface area contributed by atoms with Crippen LogP contribution in [0.5, 0.6) is 0 Å². The van der Waals surface area contributed by atoms with Crippen LogP contribution in [-0.2, 0) is 6.54 Å². The molecule has 37 heavy (non-hydrogen) atoms. The van der Waals surface area contributed by atoms with Crippen molar-refractivity contribution in [1.29, 1.82) is 0 Å². The molecule has 1 unspecified atom stereocenters. The van der Waals surface area contributed by atoms with Crippen molar-refractivity contribution in [2.24, 2.45) is 0 Å². The van der Waals surface area contributed by atoms with Crippen LogP contribution in [0.15, 0.2) is 97.2 Å². The highest BCUT2D eigenvalue weighted by atomic mass is 35.5. The Morgan fingerprint density at radius 1 is 0.946 bits per heavy atom. The number of nitrogens with one attached hydrogen (secondary N) is 1. The molecule has 1 N–H and O–H groups in total. The molecule has 5 aromatic rings. The molecule has 0 saturated carbocycles. The SMILES string of the molecule is Cc1ccc(NC(=O)N2Cc3c(C)nn(-c4ccccc4)c3-n3cccc3C2c2cccc(Cl)c2)cc1. The zero-order valence-corrected chi connectivity index (χ0v) is 21.4. The monoisotopic (exact) mass is 507 g/mol. The maximum Gasteiger partial charge on any atom is 0.322 e. The highest BCUT2D eigenvalue weighted by Crippen LogP contribution is 2.39. The van der Waals surface area contributed by atoms with E-state index < -0.39 is 0 Å². The number of carbonyl (C=O) groups excluding carboxylic acids is 1. The maximum absolute atomic E-state index is 13.9. The molecule has 0 spiro atoms. The number of hydrogen-bond acceptors (Lipinski definition) is 2. The fourth-order valence-electron chi connectivity index (χ4n) is 5.01. The van der Waals surface area contributed by atoms with Gasteiger partial charge in [0.05, 0.1) is 29.7 Å². The number of fused-ring (bicyclic) bond motifs is 3. The van der Waals surface area contributed by atoms with E-state index in [1.165, 1.54) is 0 Å². The molecule has 7 heteroatoms. The standard InChI is InChI=1S/C30H26ClN5O/c1-20-13-15-24(16-14-20)32-30(37)35-19-26-21(2)33-36(25-10-4-3-5-11-25)29(26)34-17-7-12-27(34)28(35)22-8-6-9-23(31)18-22/h3-18,28H,19H2,1-2H3,(H,32,37). The van der Waals surface area contributed by atoms with Crippen molar-refractivity contribution >= 4 is 23.3 Å². The Kier molecular flexibility index (Phi) is 5.81. The predicted octanol–water partition coefficient (Wildman–Crippen LogP) is 7.07. The number of urea groups is 1. The number of hydrogen-bond donors (Lipinski definition) is 1. The third-order valence-electron chi connectivity index (χ3n) is 6.81. The van der Waals surface area contributed by atoms with Crippen LogP contribution in [-0.4, -0.2) is 25.3 Å². The molecule has 6 nitrogen and oxygen atoms in total. The molecule has 0 aliphatic carbocycles. The summed E-state index contributed by atoms with van der Waals surface area (Å²) in [7, 11) is 0. The number of halogens is 1. The second-order valence-electron chi connectivity index (χ2n) is 9.32. The Labute approximate surface area is 220 Å². The highest BCUT2D eigenvalue weighted by Gasteiger charge is 2.36. The number of aryl methyl sites for hydroxylation is 2.